The second-order valence-corrected chi connectivity index (χ2v) is 2.82. The Morgan fingerprint density at radius 2 is 1.92 bits per heavy atom. The van der Waals surface area contributed by atoms with E-state index < -0.39 is 17.7 Å². The Labute approximate surface area is 76.1 Å². The minimum atomic E-state index is -2.80. The van der Waals surface area contributed by atoms with E-state index in [1.807, 2.05) is 4.98 Å². The van der Waals surface area contributed by atoms with Gasteiger partial charge in [0.05, 0.1) is 5.02 Å². The predicted molar refractivity (Wildman–Crippen MR) is 42.0 cm³/mol. The predicted octanol–water partition coefficient (Wildman–Crippen LogP) is 2.62. The van der Waals surface area contributed by atoms with Gasteiger partial charge in [-0.1, -0.05) is 23.2 Å². The van der Waals surface area contributed by atoms with Crippen LogP contribution in [0.2, 0.25) is 10.0 Å². The van der Waals surface area contributed by atoms with Crippen LogP contribution in [0.25, 0.3) is 0 Å². The maximum atomic E-state index is 12.0. The average molecular weight is 214 g/mol. The maximum absolute atomic E-state index is 12.0. The average Bonchev–Trinajstić information content (AvgIpc) is 1.96. The molecule has 0 saturated heterocycles. The molecule has 0 saturated carbocycles. The minimum Gasteiger partial charge on any atom is -0.319 e. The lowest BCUT2D eigenvalue weighted by Gasteiger charge is -2.01. The first-order valence-corrected chi connectivity index (χ1v) is 3.64. The largest absolute Gasteiger partial charge is 0.319 e. The topological polar surface area (TPSA) is 32.9 Å². The smallest absolute Gasteiger partial charge is 0.279 e. The van der Waals surface area contributed by atoms with Crippen molar-refractivity contribution >= 4 is 23.2 Å². The molecule has 0 aromatic carbocycles. The van der Waals surface area contributed by atoms with Crippen LogP contribution >= 0.6 is 23.2 Å². The molecule has 0 bridgehead atoms. The summed E-state index contributed by atoms with van der Waals surface area (Å²) in [6.45, 7) is 0. The first-order chi connectivity index (χ1) is 5.52. The van der Waals surface area contributed by atoms with Crippen LogP contribution in [0.4, 0.5) is 8.78 Å². The molecule has 0 spiro atoms. The normalized spacial score (nSPS) is 10.8. The molecule has 0 atom stereocenters. The Morgan fingerprint density at radius 3 is 2.42 bits per heavy atom. The number of halogens is 4. The van der Waals surface area contributed by atoms with Crippen molar-refractivity contribution in [3.05, 3.63) is 32.2 Å². The molecule has 0 aliphatic heterocycles. The van der Waals surface area contributed by atoms with Gasteiger partial charge in [0.15, 0.2) is 0 Å². The van der Waals surface area contributed by atoms with Gasteiger partial charge in [-0.2, -0.15) is 0 Å². The Morgan fingerprint density at radius 1 is 1.33 bits per heavy atom. The quantitative estimate of drug-likeness (QED) is 0.765. The molecule has 0 amide bonds. The Balaban J connectivity index is 3.33. The van der Waals surface area contributed by atoms with Gasteiger partial charge in [-0.3, -0.25) is 4.79 Å². The van der Waals surface area contributed by atoms with Crippen LogP contribution in [0.1, 0.15) is 12.1 Å². The van der Waals surface area contributed by atoms with Gasteiger partial charge in [-0.15, -0.1) is 0 Å². The van der Waals surface area contributed by atoms with E-state index in [9.17, 15) is 13.6 Å². The van der Waals surface area contributed by atoms with E-state index in [4.69, 9.17) is 23.2 Å². The second kappa shape index (κ2) is 3.41. The Bertz CT molecular complexity index is 350. The maximum Gasteiger partial charge on any atom is 0.279 e. The van der Waals surface area contributed by atoms with Gasteiger partial charge in [0.1, 0.15) is 10.7 Å². The van der Waals surface area contributed by atoms with Crippen molar-refractivity contribution < 1.29 is 8.78 Å². The molecule has 1 rings (SSSR count). The highest BCUT2D eigenvalue weighted by Gasteiger charge is 2.14. The van der Waals surface area contributed by atoms with E-state index in [0.29, 0.717) is 0 Å². The highest BCUT2D eigenvalue weighted by Crippen LogP contribution is 2.24. The summed E-state index contributed by atoms with van der Waals surface area (Å²) in [6, 6.07) is 0.990. The zero-order chi connectivity index (χ0) is 9.30. The van der Waals surface area contributed by atoms with E-state index in [-0.39, 0.29) is 10.0 Å². The number of aromatic amines is 1. The van der Waals surface area contributed by atoms with Crippen molar-refractivity contribution in [1.29, 1.82) is 0 Å². The summed E-state index contributed by atoms with van der Waals surface area (Å²) in [5, 5.41) is -0.445. The standard InChI is InChI=1S/C6H3Cl2F2NO/c7-2-1-3(8)6(12)11-4(2)5(9)10/h1,5H,(H,11,12). The Hall–Kier alpha value is -0.610. The number of H-pyrrole nitrogens is 1. The van der Waals surface area contributed by atoms with Crippen LogP contribution in [0.5, 0.6) is 0 Å². The zero-order valence-electron chi connectivity index (χ0n) is 5.57. The zero-order valence-corrected chi connectivity index (χ0v) is 7.09. The molecular formula is C6H3Cl2F2NO. The van der Waals surface area contributed by atoms with Crippen molar-refractivity contribution in [2.75, 3.05) is 0 Å². The molecule has 12 heavy (non-hydrogen) atoms. The van der Waals surface area contributed by atoms with Crippen molar-refractivity contribution in [3.8, 4) is 0 Å². The number of hydrogen-bond acceptors (Lipinski definition) is 1. The monoisotopic (exact) mass is 213 g/mol. The molecule has 1 heterocycles. The second-order valence-electron chi connectivity index (χ2n) is 2.01. The van der Waals surface area contributed by atoms with E-state index in [0.717, 1.165) is 6.07 Å². The molecule has 1 aromatic rings. The van der Waals surface area contributed by atoms with E-state index in [1.165, 1.54) is 0 Å². The van der Waals surface area contributed by atoms with Gasteiger partial charge in [-0.05, 0) is 6.07 Å². The van der Waals surface area contributed by atoms with Gasteiger partial charge in [-0.25, -0.2) is 8.78 Å². The Kier molecular flexibility index (Phi) is 2.69. The van der Waals surface area contributed by atoms with Gasteiger partial charge in [0, 0.05) is 0 Å². The number of alkyl halides is 2. The first kappa shape index (κ1) is 9.48. The summed E-state index contributed by atoms with van der Waals surface area (Å²) in [5.41, 5.74) is -1.37. The minimum absolute atomic E-state index is 0.204. The highest BCUT2D eigenvalue weighted by molar-refractivity contribution is 6.34. The lowest BCUT2D eigenvalue weighted by Crippen LogP contribution is -2.09. The van der Waals surface area contributed by atoms with Crippen LogP contribution in [0.3, 0.4) is 0 Å². The van der Waals surface area contributed by atoms with Crippen LogP contribution in [0.15, 0.2) is 10.9 Å². The molecule has 2 nitrogen and oxygen atoms in total. The third-order valence-corrected chi connectivity index (χ3v) is 1.79. The van der Waals surface area contributed by atoms with E-state index >= 15 is 0 Å². The molecule has 6 heteroatoms. The molecule has 0 unspecified atom stereocenters. The number of pyridine rings is 1. The van der Waals surface area contributed by atoms with Gasteiger partial charge in [0.2, 0.25) is 0 Å². The van der Waals surface area contributed by atoms with Crippen molar-refractivity contribution in [2.45, 2.75) is 6.43 Å². The van der Waals surface area contributed by atoms with Crippen LogP contribution in [0, 0.1) is 0 Å². The molecule has 0 radical (unpaired) electrons. The summed E-state index contributed by atoms with van der Waals surface area (Å²) < 4.78 is 24.1. The van der Waals surface area contributed by atoms with Crippen molar-refractivity contribution in [2.24, 2.45) is 0 Å². The van der Waals surface area contributed by atoms with Crippen LogP contribution in [-0.2, 0) is 0 Å². The lowest BCUT2D eigenvalue weighted by atomic mass is 10.3. The third kappa shape index (κ3) is 1.76. The molecule has 0 fully saturated rings. The lowest BCUT2D eigenvalue weighted by molar-refractivity contribution is 0.146. The number of rotatable bonds is 1. The molecule has 66 valence electrons. The summed E-state index contributed by atoms with van der Waals surface area (Å²) in [7, 11) is 0. The molecule has 1 N–H and O–H groups in total. The summed E-state index contributed by atoms with van der Waals surface area (Å²) in [4.78, 5) is 12.6. The number of aromatic nitrogens is 1. The van der Waals surface area contributed by atoms with Gasteiger partial charge >= 0.3 is 0 Å². The fourth-order valence-corrected chi connectivity index (χ4v) is 1.11. The van der Waals surface area contributed by atoms with Crippen LogP contribution in [-0.4, -0.2) is 4.98 Å². The molecular weight excluding hydrogens is 211 g/mol. The summed E-state index contributed by atoms with van der Waals surface area (Å²) in [5.74, 6) is 0. The van der Waals surface area contributed by atoms with E-state index in [1.54, 1.807) is 0 Å². The first-order valence-electron chi connectivity index (χ1n) is 2.88. The summed E-state index contributed by atoms with van der Waals surface area (Å²) in [6.07, 6.45) is -2.80. The fourth-order valence-electron chi connectivity index (χ4n) is 0.655. The molecule has 1 aromatic heterocycles. The number of hydrogen-bond donors (Lipinski definition) is 1. The summed E-state index contributed by atoms with van der Waals surface area (Å²) >= 11 is 10.7. The molecule has 0 aliphatic carbocycles. The fraction of sp³-hybridized carbons (Fsp3) is 0.167. The highest BCUT2D eigenvalue weighted by atomic mass is 35.5. The number of nitrogens with one attached hydrogen (secondary N) is 1. The van der Waals surface area contributed by atoms with E-state index in [2.05, 4.69) is 0 Å². The van der Waals surface area contributed by atoms with Crippen LogP contribution < -0.4 is 5.56 Å². The molecule has 0 aliphatic rings. The van der Waals surface area contributed by atoms with Crippen molar-refractivity contribution in [1.82, 2.24) is 4.98 Å². The van der Waals surface area contributed by atoms with Gasteiger partial charge < -0.3 is 4.98 Å². The SMILES string of the molecule is O=c1[nH]c(C(F)F)c(Cl)cc1Cl. The third-order valence-electron chi connectivity index (χ3n) is 1.19. The van der Waals surface area contributed by atoms with Crippen molar-refractivity contribution in [3.63, 3.8) is 0 Å². The van der Waals surface area contributed by atoms with Gasteiger partial charge in [0.25, 0.3) is 12.0 Å².